The zero-order valence-electron chi connectivity index (χ0n) is 22.8. The van der Waals surface area contributed by atoms with Crippen LogP contribution in [0.3, 0.4) is 0 Å². The van der Waals surface area contributed by atoms with E-state index in [0.29, 0.717) is 32.6 Å². The Hall–Kier alpha value is -3.76. The normalized spacial score (nSPS) is 12.4. The molecule has 0 aliphatic heterocycles. The maximum atomic E-state index is 13.7. The molecule has 12 nitrogen and oxygen atoms in total. The molecule has 1 atom stereocenters. The number of benzene rings is 2. The fraction of sp³-hybridized carbons (Fsp3) is 0.259. The van der Waals surface area contributed by atoms with Crippen LogP contribution in [0.1, 0.15) is 11.1 Å². The van der Waals surface area contributed by atoms with Gasteiger partial charge in [0.05, 0.1) is 18.2 Å². The Labute approximate surface area is 249 Å². The van der Waals surface area contributed by atoms with Crippen LogP contribution in [0.4, 0.5) is 0 Å². The number of aromatic nitrogens is 2. The Morgan fingerprint density at radius 2 is 1.83 bits per heavy atom. The van der Waals surface area contributed by atoms with Crippen LogP contribution in [0.2, 0.25) is 0 Å². The largest absolute Gasteiger partial charge is 0.480 e. The Morgan fingerprint density at radius 1 is 1.14 bits per heavy atom. The smallest absolute Gasteiger partial charge is 0.332 e. The average Bonchev–Trinajstić information content (AvgIpc) is 3.34. The third-order valence-electron chi connectivity index (χ3n) is 6.27. The van der Waals surface area contributed by atoms with Gasteiger partial charge in [-0.1, -0.05) is 18.2 Å². The maximum absolute atomic E-state index is 13.7. The standard InChI is InChI=1S/C27H28N4O8S3/c1-28-21(15-32)39-18-10-8-16(9-11-18)24-19(12-29-42(3,37)38)23-25(35)30(14-22(33)34)27(36)31(26(23)41-24)13-17-6-4-5-7-20(17)40-2/h4-11,15,21,28-29H,12-14H2,1-3H3,(H,33,34). The van der Waals surface area contributed by atoms with E-state index < -0.39 is 40.0 Å². The monoisotopic (exact) mass is 632 g/mol. The van der Waals surface area contributed by atoms with Crippen LogP contribution in [0.15, 0.2) is 63.0 Å². The first-order valence-corrected chi connectivity index (χ1v) is 16.4. The minimum absolute atomic E-state index is 0.0464. The Balaban J connectivity index is 2.00. The zero-order valence-corrected chi connectivity index (χ0v) is 25.3. The van der Waals surface area contributed by atoms with E-state index in [1.807, 2.05) is 30.5 Å². The van der Waals surface area contributed by atoms with E-state index in [2.05, 4.69) is 10.0 Å². The van der Waals surface area contributed by atoms with Crippen molar-refractivity contribution in [1.82, 2.24) is 19.2 Å². The van der Waals surface area contributed by atoms with Crippen LogP contribution in [0.25, 0.3) is 20.7 Å². The van der Waals surface area contributed by atoms with E-state index in [0.717, 1.165) is 28.1 Å². The molecule has 1 unspecified atom stereocenters. The summed E-state index contributed by atoms with van der Waals surface area (Å²) in [5, 5.41) is 12.2. The molecule has 4 rings (SSSR count). The number of aliphatic carboxylic acids is 1. The summed E-state index contributed by atoms with van der Waals surface area (Å²) < 4.78 is 34.1. The van der Waals surface area contributed by atoms with Crippen LogP contribution >= 0.6 is 23.1 Å². The number of fused-ring (bicyclic) bond motifs is 1. The van der Waals surface area contributed by atoms with Gasteiger partial charge in [0.1, 0.15) is 17.1 Å². The molecule has 0 aliphatic rings. The molecule has 0 bridgehead atoms. The zero-order chi connectivity index (χ0) is 30.6. The number of carboxylic acid groups (broad SMARTS) is 1. The second kappa shape index (κ2) is 13.0. The highest BCUT2D eigenvalue weighted by molar-refractivity contribution is 7.98. The van der Waals surface area contributed by atoms with Gasteiger partial charge in [0, 0.05) is 21.9 Å². The molecule has 4 aromatic rings. The third kappa shape index (κ3) is 6.82. The van der Waals surface area contributed by atoms with Crippen LogP contribution in [0.5, 0.6) is 5.75 Å². The molecule has 2 aromatic carbocycles. The molecule has 0 amide bonds. The summed E-state index contributed by atoms with van der Waals surface area (Å²) in [4.78, 5) is 51.8. The number of hydrogen-bond donors (Lipinski definition) is 3. The topological polar surface area (TPSA) is 166 Å². The fourth-order valence-electron chi connectivity index (χ4n) is 4.33. The van der Waals surface area contributed by atoms with Gasteiger partial charge >= 0.3 is 11.7 Å². The molecule has 0 saturated heterocycles. The van der Waals surface area contributed by atoms with Crippen molar-refractivity contribution in [2.45, 2.75) is 30.8 Å². The number of hydrogen-bond acceptors (Lipinski definition) is 10. The van der Waals surface area contributed by atoms with Crippen molar-refractivity contribution in [3.05, 3.63) is 80.5 Å². The lowest BCUT2D eigenvalue weighted by Gasteiger charge is -2.13. The number of rotatable bonds is 13. The van der Waals surface area contributed by atoms with Crippen molar-refractivity contribution in [1.29, 1.82) is 0 Å². The van der Waals surface area contributed by atoms with E-state index in [-0.39, 0.29) is 23.3 Å². The van der Waals surface area contributed by atoms with E-state index in [1.165, 1.54) is 16.3 Å². The summed E-state index contributed by atoms with van der Waals surface area (Å²) in [6, 6.07) is 14.0. The number of carbonyl (C=O) groups excluding carboxylic acids is 1. The fourth-order valence-corrected chi connectivity index (χ4v) is 6.65. The summed E-state index contributed by atoms with van der Waals surface area (Å²) >= 11 is 2.60. The van der Waals surface area contributed by atoms with Crippen molar-refractivity contribution in [2.75, 3.05) is 19.6 Å². The van der Waals surface area contributed by atoms with Gasteiger partial charge in [-0.15, -0.1) is 23.1 Å². The highest BCUT2D eigenvalue weighted by Gasteiger charge is 2.25. The number of sulfonamides is 1. The molecule has 0 aliphatic carbocycles. The Morgan fingerprint density at radius 3 is 2.43 bits per heavy atom. The van der Waals surface area contributed by atoms with Gasteiger partial charge < -0.3 is 9.84 Å². The number of carbonyl (C=O) groups is 2. The molecule has 0 saturated carbocycles. The van der Waals surface area contributed by atoms with Gasteiger partial charge in [0.25, 0.3) is 5.56 Å². The highest BCUT2D eigenvalue weighted by atomic mass is 32.2. The lowest BCUT2D eigenvalue weighted by Crippen LogP contribution is -2.41. The van der Waals surface area contributed by atoms with Gasteiger partial charge in [-0.3, -0.25) is 24.3 Å². The lowest BCUT2D eigenvalue weighted by molar-refractivity contribution is -0.137. The molecule has 0 spiro atoms. The van der Waals surface area contributed by atoms with E-state index in [9.17, 15) is 32.7 Å². The second-order valence-electron chi connectivity index (χ2n) is 9.14. The first-order chi connectivity index (χ1) is 20.0. The van der Waals surface area contributed by atoms with Crippen molar-refractivity contribution >= 4 is 55.6 Å². The Kier molecular flexibility index (Phi) is 9.68. The number of carboxylic acids is 1. The molecule has 2 aromatic heterocycles. The maximum Gasteiger partial charge on any atom is 0.332 e. The quantitative estimate of drug-likeness (QED) is 0.113. The highest BCUT2D eigenvalue weighted by Crippen LogP contribution is 2.38. The molecular weight excluding hydrogens is 605 g/mol. The molecule has 15 heteroatoms. The number of thiophene rings is 1. The van der Waals surface area contributed by atoms with Gasteiger partial charge in [-0.05, 0) is 54.8 Å². The summed E-state index contributed by atoms with van der Waals surface area (Å²) in [6.45, 7) is -1.09. The first kappa shape index (κ1) is 31.2. The van der Waals surface area contributed by atoms with Crippen LogP contribution in [-0.2, 0) is 39.2 Å². The van der Waals surface area contributed by atoms with Crippen molar-refractivity contribution in [2.24, 2.45) is 0 Å². The van der Waals surface area contributed by atoms with Crippen molar-refractivity contribution in [3.63, 3.8) is 0 Å². The lowest BCUT2D eigenvalue weighted by atomic mass is 10.1. The number of nitrogens with one attached hydrogen (secondary N) is 2. The van der Waals surface area contributed by atoms with Gasteiger partial charge in [-0.25, -0.2) is 22.5 Å². The van der Waals surface area contributed by atoms with Gasteiger partial charge in [0.2, 0.25) is 16.3 Å². The summed E-state index contributed by atoms with van der Waals surface area (Å²) in [7, 11) is -2.12. The molecular formula is C27H28N4O8S3. The van der Waals surface area contributed by atoms with Gasteiger partial charge in [-0.2, -0.15) is 0 Å². The minimum Gasteiger partial charge on any atom is -0.480 e. The molecule has 3 N–H and O–H groups in total. The molecule has 42 heavy (non-hydrogen) atoms. The number of aldehydes is 1. The van der Waals surface area contributed by atoms with E-state index in [1.54, 1.807) is 31.3 Å². The first-order valence-electron chi connectivity index (χ1n) is 12.4. The predicted molar refractivity (Wildman–Crippen MR) is 162 cm³/mol. The summed E-state index contributed by atoms with van der Waals surface area (Å²) in [5.74, 6) is -0.988. The molecule has 2 heterocycles. The Bertz CT molecular complexity index is 1860. The van der Waals surface area contributed by atoms with Crippen LogP contribution in [0, 0.1) is 0 Å². The SMILES string of the molecule is CNC(C=O)Oc1ccc(-c2sc3c(c2CNS(C)(=O)=O)c(=O)n(CC(=O)O)c(=O)n3Cc2ccccc2SC)cc1. The minimum atomic E-state index is -3.69. The van der Waals surface area contributed by atoms with Crippen molar-refractivity contribution < 1.29 is 27.9 Å². The summed E-state index contributed by atoms with van der Waals surface area (Å²) in [6.07, 6.45) is 2.62. The van der Waals surface area contributed by atoms with Crippen LogP contribution < -0.4 is 26.0 Å². The number of ether oxygens (including phenoxy) is 1. The number of nitrogens with zero attached hydrogens (tertiary/aromatic N) is 2. The van der Waals surface area contributed by atoms with E-state index >= 15 is 0 Å². The third-order valence-corrected chi connectivity index (χ3v) is 9.08. The molecule has 0 radical (unpaired) electrons. The summed E-state index contributed by atoms with van der Waals surface area (Å²) in [5.41, 5.74) is 0.0505. The molecule has 222 valence electrons. The second-order valence-corrected chi connectivity index (χ2v) is 12.8. The number of likely N-dealkylation sites (N-methyl/N-ethyl adjacent to an activating group) is 1. The van der Waals surface area contributed by atoms with Crippen LogP contribution in [-0.4, -0.2) is 60.7 Å². The molecule has 0 fully saturated rings. The predicted octanol–water partition coefficient (Wildman–Crippen LogP) is 1.92. The average molecular weight is 633 g/mol. The number of thioether (sulfide) groups is 1. The van der Waals surface area contributed by atoms with Crippen molar-refractivity contribution in [3.8, 4) is 16.2 Å². The van der Waals surface area contributed by atoms with E-state index in [4.69, 9.17) is 4.74 Å². The van der Waals surface area contributed by atoms with Gasteiger partial charge in [0.15, 0.2) is 6.29 Å².